The molecule has 2 aromatic carbocycles. The fourth-order valence-corrected chi connectivity index (χ4v) is 5.14. The van der Waals surface area contributed by atoms with E-state index in [0.717, 1.165) is 17.5 Å². The number of ether oxygens (including phenoxy) is 3. The molecule has 0 aromatic heterocycles. The number of esters is 1. The molecule has 6 nitrogen and oxygen atoms in total. The minimum Gasteiger partial charge on any atom is -0.493 e. The fourth-order valence-electron chi connectivity index (χ4n) is 3.06. The highest BCUT2D eigenvalue weighted by molar-refractivity contribution is 9.10. The lowest BCUT2D eigenvalue weighted by molar-refractivity contribution is -0.143. The highest BCUT2D eigenvalue weighted by atomic mass is 79.9. The van der Waals surface area contributed by atoms with Crippen molar-refractivity contribution in [2.45, 2.75) is 26.4 Å². The van der Waals surface area contributed by atoms with Gasteiger partial charge in [0.1, 0.15) is 10.9 Å². The number of halogens is 2. The molecule has 0 atom stereocenters. The third-order valence-electron chi connectivity index (χ3n) is 4.76. The molecule has 1 heterocycles. The van der Waals surface area contributed by atoms with Crippen LogP contribution in [0.3, 0.4) is 0 Å². The van der Waals surface area contributed by atoms with E-state index in [1.165, 1.54) is 16.7 Å². The van der Waals surface area contributed by atoms with Gasteiger partial charge in [0.05, 0.1) is 29.5 Å². The quantitative estimate of drug-likeness (QED) is 0.186. The molecule has 0 saturated carbocycles. The van der Waals surface area contributed by atoms with Gasteiger partial charge in [-0.3, -0.25) is 14.5 Å². The minimum atomic E-state index is -0.346. The molecule has 0 unspecified atom stereocenters. The summed E-state index contributed by atoms with van der Waals surface area (Å²) in [5, 5.41) is 0.620. The lowest BCUT2D eigenvalue weighted by Crippen LogP contribution is -2.30. The number of hydrogen-bond donors (Lipinski definition) is 0. The van der Waals surface area contributed by atoms with Crippen LogP contribution in [0.4, 0.5) is 0 Å². The Morgan fingerprint density at radius 2 is 2.06 bits per heavy atom. The average Bonchev–Trinajstić information content (AvgIpc) is 3.08. The molecule has 1 aliphatic rings. The second-order valence-corrected chi connectivity index (χ2v) is 10.2. The molecule has 10 heteroatoms. The van der Waals surface area contributed by atoms with Crippen LogP contribution in [-0.2, 0) is 20.9 Å². The maximum Gasteiger partial charge on any atom is 0.307 e. The third-order valence-corrected chi connectivity index (χ3v) is 7.10. The van der Waals surface area contributed by atoms with E-state index in [1.807, 2.05) is 31.2 Å². The lowest BCUT2D eigenvalue weighted by Gasteiger charge is -2.14. The topological polar surface area (TPSA) is 65.1 Å². The number of thiocarbonyl (C=S) groups is 1. The summed E-state index contributed by atoms with van der Waals surface area (Å²) in [6, 6.07) is 11.1. The first-order valence-corrected chi connectivity index (χ1v) is 12.9. The maximum absolute atomic E-state index is 12.9. The minimum absolute atomic E-state index is 0.0938. The molecule has 0 N–H and O–H groups in total. The summed E-state index contributed by atoms with van der Waals surface area (Å²) in [6.45, 7) is 2.75. The van der Waals surface area contributed by atoms with E-state index in [9.17, 15) is 9.59 Å². The molecular weight excluding hydrogens is 562 g/mol. The van der Waals surface area contributed by atoms with E-state index in [2.05, 4.69) is 15.9 Å². The number of carbonyl (C=O) groups excluding carboxylic acids is 2. The van der Waals surface area contributed by atoms with Crippen molar-refractivity contribution in [3.63, 3.8) is 0 Å². The summed E-state index contributed by atoms with van der Waals surface area (Å²) < 4.78 is 17.6. The van der Waals surface area contributed by atoms with Gasteiger partial charge in [-0.15, -0.1) is 0 Å². The Balaban J connectivity index is 1.73. The van der Waals surface area contributed by atoms with Gasteiger partial charge >= 0.3 is 5.97 Å². The van der Waals surface area contributed by atoms with Crippen molar-refractivity contribution in [2.75, 3.05) is 20.3 Å². The molecule has 0 aliphatic carbocycles. The van der Waals surface area contributed by atoms with Crippen molar-refractivity contribution in [2.24, 2.45) is 0 Å². The van der Waals surface area contributed by atoms with Crippen LogP contribution in [0.25, 0.3) is 6.08 Å². The van der Waals surface area contributed by atoms with Gasteiger partial charge in [0.15, 0.2) is 11.5 Å². The average molecular weight is 585 g/mol. The van der Waals surface area contributed by atoms with Crippen LogP contribution in [-0.4, -0.2) is 41.4 Å². The predicted molar refractivity (Wildman–Crippen MR) is 142 cm³/mol. The standard InChI is InChI=1S/C24H23BrClNO5S2/c1-3-10-31-21(28)8-9-27-23(29)20(34-24(27)33)13-15-11-17(25)22(19(12-15)30-2)32-14-16-6-4-5-7-18(16)26/h4-7,11-13H,3,8-10,14H2,1-2H3/b20-13-. The molecule has 180 valence electrons. The van der Waals surface area contributed by atoms with Crippen LogP contribution < -0.4 is 9.47 Å². The molecule has 1 fully saturated rings. The Morgan fingerprint density at radius 1 is 1.29 bits per heavy atom. The first-order chi connectivity index (χ1) is 16.3. The van der Waals surface area contributed by atoms with Crippen molar-refractivity contribution in [1.82, 2.24) is 4.90 Å². The monoisotopic (exact) mass is 583 g/mol. The van der Waals surface area contributed by atoms with Crippen molar-refractivity contribution in [3.8, 4) is 11.5 Å². The number of amides is 1. The number of carbonyl (C=O) groups is 2. The van der Waals surface area contributed by atoms with E-state index in [4.69, 9.17) is 38.0 Å². The predicted octanol–water partition coefficient (Wildman–Crippen LogP) is 6.23. The van der Waals surface area contributed by atoms with E-state index < -0.39 is 0 Å². The first-order valence-electron chi connectivity index (χ1n) is 10.5. The number of hydrogen-bond acceptors (Lipinski definition) is 7. The summed E-state index contributed by atoms with van der Waals surface area (Å²) in [5.74, 6) is 0.438. The molecule has 3 rings (SSSR count). The van der Waals surface area contributed by atoms with Gasteiger partial charge < -0.3 is 14.2 Å². The van der Waals surface area contributed by atoms with Crippen LogP contribution in [0.2, 0.25) is 5.02 Å². The molecular formula is C24H23BrClNO5S2. The third kappa shape index (κ3) is 6.75. The Kier molecular flexibility index (Phi) is 9.82. The molecule has 1 aliphatic heterocycles. The van der Waals surface area contributed by atoms with E-state index in [-0.39, 0.29) is 31.4 Å². The Labute approximate surface area is 221 Å². The Bertz CT molecular complexity index is 1120. The number of methoxy groups -OCH3 is 1. The van der Waals surface area contributed by atoms with E-state index in [0.29, 0.717) is 36.8 Å². The molecule has 0 bridgehead atoms. The van der Waals surface area contributed by atoms with Crippen molar-refractivity contribution in [3.05, 3.63) is 61.9 Å². The van der Waals surface area contributed by atoms with Crippen LogP contribution in [0.5, 0.6) is 11.5 Å². The lowest BCUT2D eigenvalue weighted by atomic mass is 10.1. The highest BCUT2D eigenvalue weighted by Gasteiger charge is 2.32. The summed E-state index contributed by atoms with van der Waals surface area (Å²) >= 11 is 16.3. The normalized spacial score (nSPS) is 14.6. The largest absolute Gasteiger partial charge is 0.493 e. The van der Waals surface area contributed by atoms with Crippen molar-refractivity contribution in [1.29, 1.82) is 0 Å². The molecule has 1 amide bonds. The van der Waals surface area contributed by atoms with Gasteiger partial charge in [0.2, 0.25) is 0 Å². The second kappa shape index (κ2) is 12.6. The zero-order valence-electron chi connectivity index (χ0n) is 18.6. The molecule has 0 radical (unpaired) electrons. The Morgan fingerprint density at radius 3 is 2.76 bits per heavy atom. The zero-order valence-corrected chi connectivity index (χ0v) is 22.6. The van der Waals surface area contributed by atoms with Crippen molar-refractivity contribution >= 4 is 73.8 Å². The smallest absolute Gasteiger partial charge is 0.307 e. The van der Waals surface area contributed by atoms with Gasteiger partial charge in [-0.1, -0.05) is 60.7 Å². The SMILES string of the molecule is CCCOC(=O)CCN1C(=O)/C(=C/c2cc(Br)c(OCc3ccccc3Cl)c(OC)c2)SC1=S. The molecule has 0 spiro atoms. The second-order valence-electron chi connectivity index (χ2n) is 7.22. The first kappa shape index (κ1) is 26.5. The summed E-state index contributed by atoms with van der Waals surface area (Å²) in [6.07, 6.45) is 2.58. The Hall–Kier alpha value is -2.07. The van der Waals surface area contributed by atoms with Gasteiger partial charge in [-0.05, 0) is 52.2 Å². The van der Waals surface area contributed by atoms with Gasteiger partial charge in [0.25, 0.3) is 5.91 Å². The van der Waals surface area contributed by atoms with Crippen molar-refractivity contribution < 1.29 is 23.8 Å². The maximum atomic E-state index is 12.9. The van der Waals surface area contributed by atoms with Crippen LogP contribution >= 0.6 is 51.5 Å². The summed E-state index contributed by atoms with van der Waals surface area (Å²) in [4.78, 5) is 26.5. The summed E-state index contributed by atoms with van der Waals surface area (Å²) in [5.41, 5.74) is 1.58. The number of benzene rings is 2. The van der Waals surface area contributed by atoms with E-state index in [1.54, 1.807) is 25.3 Å². The highest BCUT2D eigenvalue weighted by Crippen LogP contribution is 2.39. The number of thioether (sulfide) groups is 1. The van der Waals surface area contributed by atoms with Crippen LogP contribution in [0.15, 0.2) is 45.8 Å². The number of nitrogens with zero attached hydrogens (tertiary/aromatic N) is 1. The molecule has 34 heavy (non-hydrogen) atoms. The van der Waals surface area contributed by atoms with Gasteiger partial charge in [-0.2, -0.15) is 0 Å². The summed E-state index contributed by atoms with van der Waals surface area (Å²) in [7, 11) is 1.55. The van der Waals surface area contributed by atoms with Gasteiger partial charge in [0, 0.05) is 17.1 Å². The fraction of sp³-hybridized carbons (Fsp3) is 0.292. The zero-order chi connectivity index (χ0) is 24.7. The van der Waals surface area contributed by atoms with Crippen LogP contribution in [0.1, 0.15) is 30.9 Å². The molecule has 2 aromatic rings. The molecule has 1 saturated heterocycles. The van der Waals surface area contributed by atoms with Gasteiger partial charge in [-0.25, -0.2) is 0 Å². The van der Waals surface area contributed by atoms with E-state index >= 15 is 0 Å². The number of rotatable bonds is 10. The van der Waals surface area contributed by atoms with Crippen LogP contribution in [0, 0.1) is 0 Å².